The Morgan fingerprint density at radius 2 is 0.806 bits per heavy atom. The van der Waals surface area contributed by atoms with Crippen LogP contribution in [0.5, 0.6) is 0 Å². The van der Waals surface area contributed by atoms with E-state index < -0.39 is 5.41 Å². The summed E-state index contributed by atoms with van der Waals surface area (Å²) in [4.78, 5) is 2.40. The van der Waals surface area contributed by atoms with E-state index in [1.165, 1.54) is 88.0 Å². The summed E-state index contributed by atoms with van der Waals surface area (Å²) in [7, 11) is 0. The number of nitrogens with zero attached hydrogens (tertiary/aromatic N) is 1. The van der Waals surface area contributed by atoms with Crippen LogP contribution >= 0.6 is 0 Å². The number of fused-ring (bicyclic) bond motifs is 4. The minimum absolute atomic E-state index is 0.523. The Balaban J connectivity index is 0.992. The first-order valence-corrected chi connectivity index (χ1v) is 21.5. The van der Waals surface area contributed by atoms with Crippen LogP contribution in [0.1, 0.15) is 22.3 Å². The summed E-state index contributed by atoms with van der Waals surface area (Å²) >= 11 is 0. The zero-order valence-corrected chi connectivity index (χ0v) is 34.1. The first kappa shape index (κ1) is 35.9. The molecular formula is C61H41N. The fraction of sp³-hybridized carbons (Fsp3) is 0.0164. The molecule has 1 atom stereocenters. The van der Waals surface area contributed by atoms with Gasteiger partial charge in [-0.1, -0.05) is 212 Å². The molecule has 62 heavy (non-hydrogen) atoms. The summed E-state index contributed by atoms with van der Waals surface area (Å²) in [5.74, 6) is 0. The van der Waals surface area contributed by atoms with Crippen molar-refractivity contribution in [2.45, 2.75) is 5.41 Å². The van der Waals surface area contributed by atoms with E-state index in [0.717, 1.165) is 17.1 Å². The third-order valence-corrected chi connectivity index (χ3v) is 13.1. The number of benzene rings is 11. The molecule has 1 heteroatoms. The highest BCUT2D eigenvalue weighted by Gasteiger charge is 2.44. The fourth-order valence-corrected chi connectivity index (χ4v) is 10.4. The molecule has 0 aliphatic heterocycles. The van der Waals surface area contributed by atoms with Gasteiger partial charge < -0.3 is 4.90 Å². The summed E-state index contributed by atoms with van der Waals surface area (Å²) < 4.78 is 0. The summed E-state index contributed by atoms with van der Waals surface area (Å²) in [6.07, 6.45) is 0. The molecule has 0 aromatic heterocycles. The molecule has 0 saturated carbocycles. The van der Waals surface area contributed by atoms with Gasteiger partial charge in [0.1, 0.15) is 0 Å². The number of anilines is 3. The van der Waals surface area contributed by atoms with E-state index in [9.17, 15) is 0 Å². The predicted molar refractivity (Wildman–Crippen MR) is 262 cm³/mol. The normalized spacial score (nSPS) is 14.2. The van der Waals surface area contributed by atoms with Crippen molar-refractivity contribution < 1.29 is 0 Å². The Labute approximate surface area is 362 Å². The zero-order valence-electron chi connectivity index (χ0n) is 34.1. The van der Waals surface area contributed by atoms with Gasteiger partial charge in [-0.3, -0.25) is 0 Å². The SMILES string of the molecule is c1ccc(C2(c3cccc(-c4ccc(N(c5ccc(-c6cccc7ccccc67)cc5)c5cccc6ccccc56)cc4)c3)c3ccccc3-c3cccc4cccc2c34)cc1. The molecule has 0 spiro atoms. The minimum Gasteiger partial charge on any atom is -0.310 e. The molecule has 0 radical (unpaired) electrons. The smallest absolute Gasteiger partial charge is 0.0713 e. The Bertz CT molecular complexity index is 3440. The fourth-order valence-electron chi connectivity index (χ4n) is 10.4. The van der Waals surface area contributed by atoms with Crippen molar-refractivity contribution in [2.75, 3.05) is 4.90 Å². The second kappa shape index (κ2) is 14.6. The van der Waals surface area contributed by atoms with Crippen molar-refractivity contribution in [3.63, 3.8) is 0 Å². The maximum absolute atomic E-state index is 2.43. The first-order valence-electron chi connectivity index (χ1n) is 21.5. The molecule has 1 aliphatic carbocycles. The molecule has 0 fully saturated rings. The largest absolute Gasteiger partial charge is 0.310 e. The second-order valence-electron chi connectivity index (χ2n) is 16.4. The van der Waals surface area contributed by atoms with Crippen LogP contribution in [0.25, 0.3) is 65.7 Å². The Kier molecular flexibility index (Phi) is 8.47. The van der Waals surface area contributed by atoms with Gasteiger partial charge in [-0.05, 0) is 119 Å². The Hall–Kier alpha value is -8.00. The molecule has 1 nitrogen and oxygen atoms in total. The molecule has 1 aliphatic rings. The van der Waals surface area contributed by atoms with Gasteiger partial charge in [0.15, 0.2) is 0 Å². The molecule has 0 N–H and O–H groups in total. The van der Waals surface area contributed by atoms with Crippen molar-refractivity contribution in [1.29, 1.82) is 0 Å². The van der Waals surface area contributed by atoms with Crippen LogP contribution in [0, 0.1) is 0 Å². The van der Waals surface area contributed by atoms with Crippen molar-refractivity contribution in [2.24, 2.45) is 0 Å². The van der Waals surface area contributed by atoms with Gasteiger partial charge in [-0.25, -0.2) is 0 Å². The van der Waals surface area contributed by atoms with Crippen molar-refractivity contribution >= 4 is 49.4 Å². The molecule has 0 amide bonds. The van der Waals surface area contributed by atoms with Crippen LogP contribution in [0.15, 0.2) is 249 Å². The van der Waals surface area contributed by atoms with Crippen LogP contribution in [-0.4, -0.2) is 0 Å². The van der Waals surface area contributed by atoms with Gasteiger partial charge in [0.2, 0.25) is 0 Å². The van der Waals surface area contributed by atoms with Gasteiger partial charge in [0.05, 0.1) is 11.1 Å². The van der Waals surface area contributed by atoms with Gasteiger partial charge >= 0.3 is 0 Å². The highest BCUT2D eigenvalue weighted by molar-refractivity contribution is 6.05. The summed E-state index contributed by atoms with van der Waals surface area (Å²) in [6, 6.07) is 91.6. The van der Waals surface area contributed by atoms with Crippen LogP contribution in [0.4, 0.5) is 17.1 Å². The molecule has 11 aromatic rings. The number of hydrogen-bond donors (Lipinski definition) is 0. The number of hydrogen-bond acceptors (Lipinski definition) is 1. The molecule has 12 rings (SSSR count). The zero-order chi connectivity index (χ0) is 41.0. The average molecular weight is 788 g/mol. The van der Waals surface area contributed by atoms with E-state index >= 15 is 0 Å². The highest BCUT2D eigenvalue weighted by Crippen LogP contribution is 2.55. The van der Waals surface area contributed by atoms with E-state index in [1.807, 2.05) is 0 Å². The van der Waals surface area contributed by atoms with Gasteiger partial charge in [-0.2, -0.15) is 0 Å². The van der Waals surface area contributed by atoms with Crippen molar-refractivity contribution in [3.05, 3.63) is 271 Å². The second-order valence-corrected chi connectivity index (χ2v) is 16.4. The quantitative estimate of drug-likeness (QED) is 0.155. The summed E-state index contributed by atoms with van der Waals surface area (Å²) in [6.45, 7) is 0. The molecule has 290 valence electrons. The number of rotatable bonds is 7. The van der Waals surface area contributed by atoms with Crippen LogP contribution in [-0.2, 0) is 5.41 Å². The standard InChI is InChI=1S/C61H41N/c1-2-22-48(23-3-1)61(57-30-9-8-27-55(57)56-29-12-19-46-20-13-31-58(61)60(46)56)49-24-10-21-47(41-49)42-33-37-50(38-34-42)62(59-32-14-18-44-16-5-7-26-54(44)59)51-39-35-45(36-40-51)53-28-11-17-43-15-4-6-25-52(43)53/h1-41H. The summed E-state index contributed by atoms with van der Waals surface area (Å²) in [5.41, 5.74) is 15.4. The molecule has 0 heterocycles. The predicted octanol–water partition coefficient (Wildman–Crippen LogP) is 16.3. The van der Waals surface area contributed by atoms with Crippen LogP contribution < -0.4 is 4.90 Å². The highest BCUT2D eigenvalue weighted by atomic mass is 15.1. The lowest BCUT2D eigenvalue weighted by atomic mass is 9.59. The summed E-state index contributed by atoms with van der Waals surface area (Å²) in [5, 5.41) is 7.52. The van der Waals surface area contributed by atoms with E-state index in [2.05, 4.69) is 254 Å². The lowest BCUT2D eigenvalue weighted by molar-refractivity contribution is 0.750. The van der Waals surface area contributed by atoms with Gasteiger partial charge in [0, 0.05) is 16.8 Å². The van der Waals surface area contributed by atoms with E-state index in [0.29, 0.717) is 0 Å². The third kappa shape index (κ3) is 5.63. The van der Waals surface area contributed by atoms with Gasteiger partial charge in [-0.15, -0.1) is 0 Å². The van der Waals surface area contributed by atoms with Crippen molar-refractivity contribution in [1.82, 2.24) is 0 Å². The van der Waals surface area contributed by atoms with E-state index in [1.54, 1.807) is 0 Å². The molecule has 11 aromatic carbocycles. The maximum Gasteiger partial charge on any atom is 0.0713 e. The average Bonchev–Trinajstić information content (AvgIpc) is 3.35. The monoisotopic (exact) mass is 787 g/mol. The van der Waals surface area contributed by atoms with Crippen LogP contribution in [0.3, 0.4) is 0 Å². The first-order chi connectivity index (χ1) is 30.8. The molecular weight excluding hydrogens is 747 g/mol. The molecule has 0 saturated heterocycles. The lowest BCUT2D eigenvalue weighted by Crippen LogP contribution is -2.33. The third-order valence-electron chi connectivity index (χ3n) is 13.1. The molecule has 1 unspecified atom stereocenters. The Morgan fingerprint density at radius 3 is 1.58 bits per heavy atom. The lowest BCUT2D eigenvalue weighted by Gasteiger charge is -2.42. The topological polar surface area (TPSA) is 3.24 Å². The molecule has 0 bridgehead atoms. The van der Waals surface area contributed by atoms with Crippen LogP contribution in [0.2, 0.25) is 0 Å². The Morgan fingerprint density at radius 1 is 0.290 bits per heavy atom. The maximum atomic E-state index is 2.43. The minimum atomic E-state index is -0.523. The van der Waals surface area contributed by atoms with E-state index in [-0.39, 0.29) is 0 Å². The van der Waals surface area contributed by atoms with Gasteiger partial charge in [0.25, 0.3) is 0 Å². The van der Waals surface area contributed by atoms with Crippen molar-refractivity contribution in [3.8, 4) is 33.4 Å². The van der Waals surface area contributed by atoms with E-state index in [4.69, 9.17) is 0 Å².